The third kappa shape index (κ3) is 4.19. The second kappa shape index (κ2) is 7.99. The van der Waals surface area contributed by atoms with Crippen molar-refractivity contribution < 1.29 is 27.4 Å². The van der Waals surface area contributed by atoms with Gasteiger partial charge in [0.1, 0.15) is 11.4 Å². The molecule has 29 heavy (non-hydrogen) atoms. The molecule has 0 aliphatic heterocycles. The van der Waals surface area contributed by atoms with E-state index in [2.05, 4.69) is 0 Å². The number of halogens is 4. The van der Waals surface area contributed by atoms with Gasteiger partial charge in [-0.1, -0.05) is 11.6 Å². The van der Waals surface area contributed by atoms with Gasteiger partial charge in [-0.3, -0.25) is 0 Å². The summed E-state index contributed by atoms with van der Waals surface area (Å²) in [6.45, 7) is 5.21. The highest BCUT2D eigenvalue weighted by molar-refractivity contribution is 6.31. The van der Waals surface area contributed by atoms with Gasteiger partial charge in [0.05, 0.1) is 23.8 Å². The van der Waals surface area contributed by atoms with E-state index in [9.17, 15) is 18.0 Å². The molecular formula is C21H19ClF3NO3. The lowest BCUT2D eigenvalue weighted by atomic mass is 10.1. The largest absolute Gasteiger partial charge is 0.491 e. The molecule has 0 amide bonds. The summed E-state index contributed by atoms with van der Waals surface area (Å²) in [5, 5.41) is -0.0354. The smallest absolute Gasteiger partial charge is 0.419 e. The van der Waals surface area contributed by atoms with Crippen LogP contribution in [-0.4, -0.2) is 23.2 Å². The highest BCUT2D eigenvalue weighted by Gasteiger charge is 2.41. The van der Waals surface area contributed by atoms with Crippen LogP contribution in [0.3, 0.4) is 0 Å². The Morgan fingerprint density at radius 3 is 2.34 bits per heavy atom. The summed E-state index contributed by atoms with van der Waals surface area (Å²) in [5.74, 6) is -0.494. The van der Waals surface area contributed by atoms with E-state index in [0.29, 0.717) is 11.4 Å². The van der Waals surface area contributed by atoms with E-state index >= 15 is 0 Å². The predicted octanol–water partition coefficient (Wildman–Crippen LogP) is 6.27. The maximum Gasteiger partial charge on any atom is 0.419 e. The Bertz CT molecular complexity index is 1040. The van der Waals surface area contributed by atoms with Crippen LogP contribution < -0.4 is 4.74 Å². The van der Waals surface area contributed by atoms with Crippen molar-refractivity contribution in [2.45, 2.75) is 33.1 Å². The molecule has 0 bridgehead atoms. The van der Waals surface area contributed by atoms with Crippen molar-refractivity contribution >= 4 is 28.5 Å². The second-order valence-corrected chi connectivity index (χ2v) is 7.04. The summed E-state index contributed by atoms with van der Waals surface area (Å²) in [4.78, 5) is 12.6. The first-order chi connectivity index (χ1) is 13.6. The number of benzene rings is 2. The standard InChI is InChI=1S/C21H19ClF3NO3/c1-4-28-20(27)19-18(21(23,24)25)16-11-13(22)5-10-17(16)26(19)14-6-8-15(9-7-14)29-12(2)3/h5-12H,4H2,1-3H3. The highest BCUT2D eigenvalue weighted by Crippen LogP contribution is 2.42. The average Bonchev–Trinajstić information content (AvgIpc) is 2.96. The quantitative estimate of drug-likeness (QED) is 0.452. The normalized spacial score (nSPS) is 11.9. The Morgan fingerprint density at radius 2 is 1.79 bits per heavy atom. The molecule has 154 valence electrons. The predicted molar refractivity (Wildman–Crippen MR) is 105 cm³/mol. The second-order valence-electron chi connectivity index (χ2n) is 6.60. The number of hydrogen-bond donors (Lipinski definition) is 0. The van der Waals surface area contributed by atoms with Gasteiger partial charge in [0.2, 0.25) is 0 Å². The highest BCUT2D eigenvalue weighted by atomic mass is 35.5. The fourth-order valence-electron chi connectivity index (χ4n) is 3.16. The van der Waals surface area contributed by atoms with Crippen molar-refractivity contribution in [3.63, 3.8) is 0 Å². The van der Waals surface area contributed by atoms with Gasteiger partial charge in [-0.15, -0.1) is 0 Å². The number of ether oxygens (including phenoxy) is 2. The number of rotatable bonds is 5. The molecule has 4 nitrogen and oxygen atoms in total. The number of hydrogen-bond acceptors (Lipinski definition) is 3. The number of aromatic nitrogens is 1. The SMILES string of the molecule is CCOC(=O)c1c(C(F)(F)F)c2cc(Cl)ccc2n1-c1ccc(OC(C)C)cc1. The Hall–Kier alpha value is -2.67. The molecular weight excluding hydrogens is 407 g/mol. The van der Waals surface area contributed by atoms with Gasteiger partial charge >= 0.3 is 12.1 Å². The first-order valence-electron chi connectivity index (χ1n) is 8.98. The van der Waals surface area contributed by atoms with Crippen LogP contribution in [0.2, 0.25) is 5.02 Å². The first kappa shape index (κ1) is 21.0. The molecule has 0 fully saturated rings. The van der Waals surface area contributed by atoms with E-state index in [0.717, 1.165) is 0 Å². The third-order valence-electron chi connectivity index (χ3n) is 4.15. The minimum atomic E-state index is -4.78. The van der Waals surface area contributed by atoms with Crippen molar-refractivity contribution in [2.75, 3.05) is 6.61 Å². The van der Waals surface area contributed by atoms with E-state index in [1.807, 2.05) is 13.8 Å². The molecule has 1 aromatic heterocycles. The Labute approximate surface area is 170 Å². The molecule has 8 heteroatoms. The molecule has 0 unspecified atom stereocenters. The minimum Gasteiger partial charge on any atom is -0.491 e. The third-order valence-corrected chi connectivity index (χ3v) is 4.38. The zero-order chi connectivity index (χ0) is 21.3. The van der Waals surface area contributed by atoms with Crippen LogP contribution in [0.4, 0.5) is 13.2 Å². The summed E-state index contributed by atoms with van der Waals surface area (Å²) in [5.41, 5.74) is -1.10. The number of esters is 1. The Kier molecular flexibility index (Phi) is 5.80. The molecule has 0 atom stereocenters. The molecule has 0 N–H and O–H groups in total. The van der Waals surface area contributed by atoms with Crippen LogP contribution in [0, 0.1) is 0 Å². The van der Waals surface area contributed by atoms with Crippen molar-refractivity contribution in [1.82, 2.24) is 4.57 Å². The molecule has 0 spiro atoms. The average molecular weight is 426 g/mol. The minimum absolute atomic E-state index is 0.0534. The van der Waals surface area contributed by atoms with Gasteiger partial charge in [-0.05, 0) is 63.2 Å². The van der Waals surface area contributed by atoms with Gasteiger partial charge < -0.3 is 14.0 Å². The van der Waals surface area contributed by atoms with Crippen molar-refractivity contribution in [3.8, 4) is 11.4 Å². The molecule has 0 saturated carbocycles. The number of alkyl halides is 3. The van der Waals surface area contributed by atoms with Crippen LogP contribution in [0.25, 0.3) is 16.6 Å². The fraction of sp³-hybridized carbons (Fsp3) is 0.286. The van der Waals surface area contributed by atoms with Gasteiger partial charge in [0, 0.05) is 16.1 Å². The Morgan fingerprint density at radius 1 is 1.14 bits per heavy atom. The topological polar surface area (TPSA) is 40.5 Å². The molecule has 2 aromatic carbocycles. The lowest BCUT2D eigenvalue weighted by molar-refractivity contribution is -0.136. The summed E-state index contributed by atoms with van der Waals surface area (Å²) < 4.78 is 53.7. The van der Waals surface area contributed by atoms with E-state index in [1.54, 1.807) is 24.3 Å². The molecule has 0 aliphatic carbocycles. The van der Waals surface area contributed by atoms with Gasteiger partial charge in [-0.25, -0.2) is 4.79 Å². The van der Waals surface area contributed by atoms with Crippen LogP contribution >= 0.6 is 11.6 Å². The zero-order valence-electron chi connectivity index (χ0n) is 16.0. The molecule has 3 aromatic rings. The summed E-state index contributed by atoms with van der Waals surface area (Å²) in [6.07, 6.45) is -4.83. The van der Waals surface area contributed by atoms with Crippen LogP contribution in [0.1, 0.15) is 36.8 Å². The van der Waals surface area contributed by atoms with E-state index in [-0.39, 0.29) is 28.6 Å². The molecule has 0 radical (unpaired) electrons. The monoisotopic (exact) mass is 425 g/mol. The van der Waals surface area contributed by atoms with Gasteiger partial charge in [-0.2, -0.15) is 13.2 Å². The Balaban J connectivity index is 2.33. The molecule has 3 rings (SSSR count). The van der Waals surface area contributed by atoms with E-state index < -0.39 is 23.4 Å². The van der Waals surface area contributed by atoms with Crippen LogP contribution in [-0.2, 0) is 10.9 Å². The first-order valence-corrected chi connectivity index (χ1v) is 9.36. The van der Waals surface area contributed by atoms with Gasteiger partial charge in [0.25, 0.3) is 0 Å². The van der Waals surface area contributed by atoms with Crippen molar-refractivity contribution in [1.29, 1.82) is 0 Å². The maximum absolute atomic E-state index is 14.0. The summed E-state index contributed by atoms with van der Waals surface area (Å²) in [7, 11) is 0. The lowest BCUT2D eigenvalue weighted by Crippen LogP contribution is -2.17. The zero-order valence-corrected chi connectivity index (χ0v) is 16.8. The van der Waals surface area contributed by atoms with E-state index in [1.165, 1.54) is 29.7 Å². The van der Waals surface area contributed by atoms with Crippen molar-refractivity contribution in [2.24, 2.45) is 0 Å². The molecule has 0 aliphatic rings. The van der Waals surface area contributed by atoms with Crippen LogP contribution in [0.5, 0.6) is 5.75 Å². The lowest BCUT2D eigenvalue weighted by Gasteiger charge is -2.14. The van der Waals surface area contributed by atoms with Crippen LogP contribution in [0.15, 0.2) is 42.5 Å². The van der Waals surface area contributed by atoms with Crippen molar-refractivity contribution in [3.05, 3.63) is 58.7 Å². The van der Waals surface area contributed by atoms with Gasteiger partial charge in [0.15, 0.2) is 0 Å². The maximum atomic E-state index is 14.0. The number of nitrogens with zero attached hydrogens (tertiary/aromatic N) is 1. The summed E-state index contributed by atoms with van der Waals surface area (Å²) >= 11 is 5.95. The number of fused-ring (bicyclic) bond motifs is 1. The summed E-state index contributed by atoms with van der Waals surface area (Å²) in [6, 6.07) is 10.6. The fourth-order valence-corrected chi connectivity index (χ4v) is 3.33. The molecule has 1 heterocycles. The van der Waals surface area contributed by atoms with E-state index in [4.69, 9.17) is 21.1 Å². The number of carbonyl (C=O) groups is 1. The number of carbonyl (C=O) groups excluding carboxylic acids is 1. The molecule has 0 saturated heterocycles.